The number of aromatic amines is 1. The first-order valence-electron chi connectivity index (χ1n) is 7.92. The molecule has 1 N–H and O–H groups in total. The quantitative estimate of drug-likeness (QED) is 0.244. The number of benzene rings is 2. The number of ether oxygens (including phenoxy) is 1. The smallest absolute Gasteiger partial charge is 0.316 e. The number of hydrogen-bond donors (Lipinski definition) is 1. The molecule has 0 atom stereocenters. The molecule has 1 heterocycles. The summed E-state index contributed by atoms with van der Waals surface area (Å²) in [6, 6.07) is 7.58. The van der Waals surface area contributed by atoms with E-state index in [-0.39, 0.29) is 25.3 Å². The number of carbonyl (C=O) groups is 1. The number of nitrogens with zero attached hydrogens (tertiary/aromatic N) is 2. The van der Waals surface area contributed by atoms with E-state index in [1.165, 1.54) is 12.1 Å². The van der Waals surface area contributed by atoms with Crippen LogP contribution in [0.4, 0.5) is 5.69 Å². The van der Waals surface area contributed by atoms with Gasteiger partial charge in [0, 0.05) is 24.1 Å². The van der Waals surface area contributed by atoms with E-state index in [1.54, 1.807) is 25.1 Å². The van der Waals surface area contributed by atoms with E-state index in [0.717, 1.165) is 4.57 Å². The third-order valence-corrected chi connectivity index (χ3v) is 3.99. The number of non-ortho nitro benzene ring substituents is 1. The maximum absolute atomic E-state index is 12.3. The lowest BCUT2D eigenvalue weighted by molar-refractivity contribution is -0.384. The van der Waals surface area contributed by atoms with Crippen LogP contribution in [0.25, 0.3) is 21.8 Å². The maximum atomic E-state index is 12.3. The summed E-state index contributed by atoms with van der Waals surface area (Å²) >= 11 is 0. The molecule has 0 aliphatic rings. The third kappa shape index (κ3) is 3.06. The van der Waals surface area contributed by atoms with E-state index in [2.05, 4.69) is 4.98 Å². The van der Waals surface area contributed by atoms with Gasteiger partial charge in [0.25, 0.3) is 5.69 Å². The van der Waals surface area contributed by atoms with Crippen LogP contribution in [-0.4, -0.2) is 27.1 Å². The van der Waals surface area contributed by atoms with Crippen LogP contribution in [0.5, 0.6) is 0 Å². The lowest BCUT2D eigenvalue weighted by Crippen LogP contribution is -2.37. The van der Waals surface area contributed by atoms with Gasteiger partial charge in [0.15, 0.2) is 0 Å². The fourth-order valence-electron chi connectivity index (χ4n) is 2.85. The minimum absolute atomic E-state index is 0.0696. The molecule has 9 nitrogen and oxygen atoms in total. The van der Waals surface area contributed by atoms with E-state index in [9.17, 15) is 24.5 Å². The Morgan fingerprint density at radius 1 is 1.27 bits per heavy atom. The van der Waals surface area contributed by atoms with Crippen molar-refractivity contribution in [2.24, 2.45) is 0 Å². The molecule has 0 amide bonds. The first-order valence-corrected chi connectivity index (χ1v) is 7.92. The monoisotopic (exact) mass is 357 g/mol. The maximum Gasteiger partial charge on any atom is 0.316 e. The molecule has 134 valence electrons. The van der Waals surface area contributed by atoms with Crippen LogP contribution in [0.2, 0.25) is 0 Å². The number of carbonyl (C=O) groups excluding carboxylic acids is 1. The summed E-state index contributed by atoms with van der Waals surface area (Å²) in [6.45, 7) is 1.80. The zero-order valence-electron chi connectivity index (χ0n) is 13.9. The molecular formula is C17H15N3O6. The van der Waals surface area contributed by atoms with Crippen LogP contribution in [0.15, 0.2) is 39.9 Å². The summed E-state index contributed by atoms with van der Waals surface area (Å²) in [5.41, 5.74) is -1.11. The number of rotatable bonds is 5. The minimum atomic E-state index is -0.833. The molecule has 0 saturated heterocycles. The molecular weight excluding hydrogens is 342 g/mol. The molecule has 1 aromatic heterocycles. The molecule has 0 unspecified atom stereocenters. The van der Waals surface area contributed by atoms with Crippen molar-refractivity contribution in [1.82, 2.24) is 9.55 Å². The van der Waals surface area contributed by atoms with Gasteiger partial charge in [-0.25, -0.2) is 0 Å². The van der Waals surface area contributed by atoms with E-state index >= 15 is 0 Å². The number of fused-ring (bicyclic) bond motifs is 3. The summed E-state index contributed by atoms with van der Waals surface area (Å²) in [5, 5.41) is 12.2. The van der Waals surface area contributed by atoms with E-state index in [0.29, 0.717) is 21.8 Å². The minimum Gasteiger partial charge on any atom is -0.466 e. The summed E-state index contributed by atoms with van der Waals surface area (Å²) in [7, 11) is 0. The van der Waals surface area contributed by atoms with Crippen LogP contribution < -0.4 is 11.1 Å². The molecule has 0 bridgehead atoms. The molecule has 0 radical (unpaired) electrons. The van der Waals surface area contributed by atoms with Crippen molar-refractivity contribution in [3.63, 3.8) is 0 Å². The highest BCUT2D eigenvalue weighted by Crippen LogP contribution is 2.27. The van der Waals surface area contributed by atoms with Gasteiger partial charge in [-0.15, -0.1) is 0 Å². The number of esters is 1. The van der Waals surface area contributed by atoms with Crippen LogP contribution in [0.3, 0.4) is 0 Å². The van der Waals surface area contributed by atoms with Crippen molar-refractivity contribution in [2.45, 2.75) is 19.9 Å². The van der Waals surface area contributed by atoms with E-state index in [1.807, 2.05) is 0 Å². The SMILES string of the molecule is CCOC(=O)CCn1c(=O)c(=O)[nH]c2ccc3ccc([N+](=O)[O-])cc3c21. The molecule has 0 spiro atoms. The van der Waals surface area contributed by atoms with Crippen LogP contribution in [-0.2, 0) is 16.1 Å². The first kappa shape index (κ1) is 17.3. The van der Waals surface area contributed by atoms with E-state index < -0.39 is 22.0 Å². The van der Waals surface area contributed by atoms with Gasteiger partial charge in [0.05, 0.1) is 29.0 Å². The van der Waals surface area contributed by atoms with Crippen molar-refractivity contribution in [2.75, 3.05) is 6.61 Å². The largest absolute Gasteiger partial charge is 0.466 e. The van der Waals surface area contributed by atoms with Gasteiger partial charge >= 0.3 is 17.1 Å². The highest BCUT2D eigenvalue weighted by atomic mass is 16.6. The van der Waals surface area contributed by atoms with Crippen molar-refractivity contribution >= 4 is 33.5 Å². The molecule has 9 heteroatoms. The summed E-state index contributed by atoms with van der Waals surface area (Å²) < 4.78 is 6.02. The zero-order valence-corrected chi connectivity index (χ0v) is 13.9. The van der Waals surface area contributed by atoms with E-state index in [4.69, 9.17) is 4.74 Å². The predicted molar refractivity (Wildman–Crippen MR) is 94.2 cm³/mol. The Morgan fingerprint density at radius 3 is 2.69 bits per heavy atom. The molecule has 0 aliphatic heterocycles. The normalized spacial score (nSPS) is 11.0. The molecule has 26 heavy (non-hydrogen) atoms. The fourth-order valence-corrected chi connectivity index (χ4v) is 2.85. The Hall–Kier alpha value is -3.49. The first-order chi connectivity index (χ1) is 12.4. The van der Waals surface area contributed by atoms with Crippen molar-refractivity contribution in [3.05, 3.63) is 61.2 Å². The van der Waals surface area contributed by atoms with Crippen molar-refractivity contribution in [3.8, 4) is 0 Å². The second-order valence-electron chi connectivity index (χ2n) is 5.59. The Bertz CT molecular complexity index is 1140. The Balaban J connectivity index is 2.29. The van der Waals surface area contributed by atoms with Gasteiger partial charge < -0.3 is 14.3 Å². The predicted octanol–water partition coefficient (Wildman–Crippen LogP) is 1.70. The number of nitrogens with one attached hydrogen (secondary N) is 1. The summed E-state index contributed by atoms with van der Waals surface area (Å²) in [6.07, 6.45) is -0.0996. The third-order valence-electron chi connectivity index (χ3n) is 3.99. The lowest BCUT2D eigenvalue weighted by atomic mass is 10.1. The molecule has 0 aliphatic carbocycles. The number of aryl methyl sites for hydroxylation is 1. The zero-order chi connectivity index (χ0) is 18.8. The second kappa shape index (κ2) is 6.79. The number of hydrogen-bond acceptors (Lipinski definition) is 6. The van der Waals surface area contributed by atoms with Crippen LogP contribution in [0, 0.1) is 10.1 Å². The number of nitro groups is 1. The van der Waals surface area contributed by atoms with Gasteiger partial charge in [0.1, 0.15) is 0 Å². The van der Waals surface area contributed by atoms with Gasteiger partial charge in [0.2, 0.25) is 0 Å². The average molecular weight is 357 g/mol. The molecule has 3 rings (SSSR count). The average Bonchev–Trinajstić information content (AvgIpc) is 2.61. The van der Waals surface area contributed by atoms with Gasteiger partial charge in [-0.1, -0.05) is 6.07 Å². The standard InChI is InChI=1S/C17H15N3O6/c1-2-26-14(21)7-8-19-15-12-9-11(20(24)25)5-3-10(12)4-6-13(15)18-16(22)17(19)23/h3-6,9H,2,7-8H2,1H3,(H,18,22). The van der Waals surface area contributed by atoms with Gasteiger partial charge in [-0.3, -0.25) is 24.5 Å². The Morgan fingerprint density at radius 2 is 2.00 bits per heavy atom. The number of nitro benzene ring substituents is 1. The highest BCUT2D eigenvalue weighted by Gasteiger charge is 2.15. The molecule has 0 saturated carbocycles. The molecule has 3 aromatic rings. The Labute approximate surface area is 146 Å². The molecule has 2 aromatic carbocycles. The van der Waals surface area contributed by atoms with Crippen molar-refractivity contribution < 1.29 is 14.5 Å². The van der Waals surface area contributed by atoms with Gasteiger partial charge in [-0.2, -0.15) is 0 Å². The van der Waals surface area contributed by atoms with Gasteiger partial charge in [-0.05, 0) is 24.4 Å². The fraction of sp³-hybridized carbons (Fsp3) is 0.235. The van der Waals surface area contributed by atoms with Crippen LogP contribution in [0.1, 0.15) is 13.3 Å². The highest BCUT2D eigenvalue weighted by molar-refractivity contribution is 6.05. The molecule has 0 fully saturated rings. The van der Waals surface area contributed by atoms with Crippen LogP contribution >= 0.6 is 0 Å². The lowest BCUT2D eigenvalue weighted by Gasteiger charge is -2.12. The Kier molecular flexibility index (Phi) is 4.53. The number of aromatic nitrogens is 2. The topological polar surface area (TPSA) is 124 Å². The summed E-state index contributed by atoms with van der Waals surface area (Å²) in [5.74, 6) is -0.501. The van der Waals surface area contributed by atoms with Crippen molar-refractivity contribution in [1.29, 1.82) is 0 Å². The summed E-state index contributed by atoms with van der Waals surface area (Å²) in [4.78, 5) is 48.9. The second-order valence-corrected chi connectivity index (χ2v) is 5.59. The number of H-pyrrole nitrogens is 1.